The summed E-state index contributed by atoms with van der Waals surface area (Å²) < 4.78 is 6.70. The summed E-state index contributed by atoms with van der Waals surface area (Å²) in [5.41, 5.74) is 11.5. The highest BCUT2D eigenvalue weighted by molar-refractivity contribution is 8.03. The molecule has 2 nitrogen and oxygen atoms in total. The predicted molar refractivity (Wildman–Crippen MR) is 217 cm³/mol. The highest BCUT2D eigenvalue weighted by atomic mass is 32.2. The van der Waals surface area contributed by atoms with Crippen LogP contribution in [-0.2, 0) is 4.74 Å². The van der Waals surface area contributed by atoms with Gasteiger partial charge in [-0.1, -0.05) is 127 Å². The normalized spacial score (nSPS) is 26.8. The zero-order valence-electron chi connectivity index (χ0n) is 29.0. The Morgan fingerprint density at radius 2 is 1.76 bits per heavy atom. The second-order valence-corrected chi connectivity index (χ2v) is 19.0. The number of rotatable bonds is 4. The molecule has 7 aliphatic rings. The minimum Gasteiger partial charge on any atom is -0.490 e. The lowest BCUT2D eigenvalue weighted by Gasteiger charge is -2.38. The molecule has 3 aliphatic heterocycles. The van der Waals surface area contributed by atoms with Crippen LogP contribution in [0, 0.1) is 5.92 Å². The van der Waals surface area contributed by atoms with Crippen molar-refractivity contribution in [2.75, 3.05) is 4.90 Å². The molecule has 4 aromatic rings. The van der Waals surface area contributed by atoms with Crippen molar-refractivity contribution in [3.8, 4) is 0 Å². The van der Waals surface area contributed by atoms with Gasteiger partial charge in [-0.05, 0) is 106 Å². The molecule has 5 atom stereocenters. The van der Waals surface area contributed by atoms with Crippen LogP contribution in [-0.4, -0.2) is 20.9 Å². The van der Waals surface area contributed by atoms with E-state index in [0.29, 0.717) is 11.8 Å². The Kier molecular flexibility index (Phi) is 6.95. The van der Waals surface area contributed by atoms with E-state index in [2.05, 4.69) is 139 Å². The van der Waals surface area contributed by atoms with Crippen LogP contribution in [0.15, 0.2) is 159 Å². The summed E-state index contributed by atoms with van der Waals surface area (Å²) in [5.74, 6) is 2.24. The third-order valence-electron chi connectivity index (χ3n) is 12.6. The molecule has 0 spiro atoms. The number of ether oxygens (including phenoxy) is 1. The smallest absolute Gasteiger partial charge is 0.125 e. The monoisotopic (exact) mass is 695 g/mol. The first-order valence-corrected chi connectivity index (χ1v) is 22.1. The number of benzene rings is 4. The predicted octanol–water partition coefficient (Wildman–Crippen LogP) is 10.9. The first kappa shape index (κ1) is 30.1. The first-order chi connectivity index (χ1) is 25.2. The van der Waals surface area contributed by atoms with Gasteiger partial charge in [0.1, 0.15) is 20.7 Å². The van der Waals surface area contributed by atoms with E-state index >= 15 is 0 Å². The van der Waals surface area contributed by atoms with Crippen LogP contribution < -0.4 is 10.1 Å². The molecule has 0 fully saturated rings. The maximum atomic E-state index is 6.70. The Morgan fingerprint density at radius 3 is 2.71 bits per heavy atom. The molecule has 11 rings (SSSR count). The van der Waals surface area contributed by atoms with Crippen LogP contribution in [0.2, 0.25) is 6.55 Å². The van der Waals surface area contributed by atoms with Crippen LogP contribution in [0.25, 0.3) is 21.9 Å². The van der Waals surface area contributed by atoms with Crippen molar-refractivity contribution in [1.29, 1.82) is 0 Å². The van der Waals surface area contributed by atoms with Gasteiger partial charge in [0.15, 0.2) is 0 Å². The van der Waals surface area contributed by atoms with Crippen molar-refractivity contribution < 1.29 is 4.74 Å². The summed E-state index contributed by atoms with van der Waals surface area (Å²) in [4.78, 5) is 5.74. The molecule has 0 aromatic heterocycles. The minimum absolute atomic E-state index is 0.138. The van der Waals surface area contributed by atoms with Gasteiger partial charge in [-0.15, -0.1) is 0 Å². The van der Waals surface area contributed by atoms with Gasteiger partial charge in [0.25, 0.3) is 0 Å². The molecule has 5 unspecified atom stereocenters. The zero-order chi connectivity index (χ0) is 33.6. The average molecular weight is 696 g/mol. The third kappa shape index (κ3) is 4.69. The molecule has 3 heterocycles. The van der Waals surface area contributed by atoms with E-state index in [4.69, 9.17) is 4.74 Å². The number of hydrogen-bond donors (Lipinski definition) is 0. The molecule has 0 amide bonds. The lowest BCUT2D eigenvalue weighted by Crippen LogP contribution is -2.38. The maximum Gasteiger partial charge on any atom is 0.125 e. The highest BCUT2D eigenvalue weighted by Gasteiger charge is 2.42. The highest BCUT2D eigenvalue weighted by Crippen LogP contribution is 2.57. The summed E-state index contributed by atoms with van der Waals surface area (Å²) in [6, 6.07) is 32.3. The van der Waals surface area contributed by atoms with Crippen molar-refractivity contribution in [3.05, 3.63) is 171 Å². The fourth-order valence-corrected chi connectivity index (χ4v) is 14.3. The van der Waals surface area contributed by atoms with Gasteiger partial charge in [-0.25, -0.2) is 0 Å². The molecule has 0 saturated carbocycles. The number of anilines is 1. The Hall–Kier alpha value is -4.51. The van der Waals surface area contributed by atoms with E-state index in [-0.39, 0.29) is 12.1 Å². The van der Waals surface area contributed by atoms with E-state index in [0.717, 1.165) is 38.5 Å². The van der Waals surface area contributed by atoms with Crippen molar-refractivity contribution in [1.82, 2.24) is 0 Å². The fraction of sp³-hybridized carbons (Fsp3) is 0.234. The topological polar surface area (TPSA) is 12.5 Å². The molecule has 4 aliphatic carbocycles. The summed E-state index contributed by atoms with van der Waals surface area (Å²) in [6.07, 6.45) is 23.8. The van der Waals surface area contributed by atoms with Crippen molar-refractivity contribution in [2.45, 2.75) is 68.0 Å². The fourth-order valence-electron chi connectivity index (χ4n) is 10.1. The number of thioether (sulfide) groups is 1. The molecule has 250 valence electrons. The van der Waals surface area contributed by atoms with Crippen LogP contribution in [0.4, 0.5) is 5.69 Å². The van der Waals surface area contributed by atoms with Crippen molar-refractivity contribution in [3.63, 3.8) is 0 Å². The van der Waals surface area contributed by atoms with Gasteiger partial charge in [-0.3, -0.25) is 0 Å². The first-order valence-electron chi connectivity index (χ1n) is 19.0. The molecular weight excluding hydrogens is 655 g/mol. The summed E-state index contributed by atoms with van der Waals surface area (Å²) in [5, 5.41) is 5.91. The quantitative estimate of drug-likeness (QED) is 0.197. The molecule has 4 aromatic carbocycles. The molecule has 4 heteroatoms. The van der Waals surface area contributed by atoms with Crippen molar-refractivity contribution >= 4 is 53.4 Å². The van der Waals surface area contributed by atoms with Crippen LogP contribution in [0.3, 0.4) is 0 Å². The minimum atomic E-state index is -1.33. The number of hydrogen-bond acceptors (Lipinski definition) is 3. The van der Waals surface area contributed by atoms with Crippen LogP contribution in [0.1, 0.15) is 61.1 Å². The molecule has 0 radical (unpaired) electrons. The van der Waals surface area contributed by atoms with E-state index in [1.54, 1.807) is 20.9 Å². The number of allylic oxidation sites excluding steroid dienone is 10. The number of nitrogens with zero attached hydrogens (tertiary/aromatic N) is 1. The lowest BCUT2D eigenvalue weighted by molar-refractivity contribution is 0.137. The standard InChI is InChI=1S/C47H41NOSSi/c1-51-44-26-25-39-38-13-5-7-16-43(38)50-47(39)46(44)40-24-22-33(28-45(40)51)48(32-21-23-37-36-12-4-6-15-41(36)49-42(37)27-32)31-19-17-30(18-20-31)35-14-8-10-29-9-2-3-11-34(29)35/h2-5,7-14,16-19,22,24,26-28,31,37,39,42,51H,6,15,20-21,23,25H2,1H3. The Morgan fingerprint density at radius 1 is 0.863 bits per heavy atom. The van der Waals surface area contributed by atoms with E-state index < -0.39 is 8.80 Å². The third-order valence-corrected chi connectivity index (χ3v) is 16.7. The van der Waals surface area contributed by atoms with Gasteiger partial charge in [-0.2, -0.15) is 0 Å². The van der Waals surface area contributed by atoms with Crippen LogP contribution in [0.5, 0.6) is 0 Å². The molecule has 0 N–H and O–H groups in total. The Labute approximate surface area is 306 Å². The lowest BCUT2D eigenvalue weighted by atomic mass is 9.83. The van der Waals surface area contributed by atoms with Gasteiger partial charge < -0.3 is 9.64 Å². The average Bonchev–Trinajstić information content (AvgIpc) is 3.84. The summed E-state index contributed by atoms with van der Waals surface area (Å²) in [6.45, 7) is 2.57. The van der Waals surface area contributed by atoms with E-state index in [9.17, 15) is 0 Å². The largest absolute Gasteiger partial charge is 0.490 e. The Bertz CT molecular complexity index is 2380. The second kappa shape index (κ2) is 11.8. The summed E-state index contributed by atoms with van der Waals surface area (Å²) >= 11 is 2.04. The Balaban J connectivity index is 0.981. The van der Waals surface area contributed by atoms with Gasteiger partial charge >= 0.3 is 0 Å². The van der Waals surface area contributed by atoms with Crippen molar-refractivity contribution in [2.24, 2.45) is 5.92 Å². The zero-order valence-corrected chi connectivity index (χ0v) is 31.0. The second-order valence-electron chi connectivity index (χ2n) is 15.2. The molecular formula is C47H41NOSSi. The van der Waals surface area contributed by atoms with E-state index in [1.165, 1.54) is 60.6 Å². The summed E-state index contributed by atoms with van der Waals surface area (Å²) in [7, 11) is -1.33. The molecule has 51 heavy (non-hydrogen) atoms. The SMILES string of the molecule is C[SiH]1C2=CCC3C(=C2c2ccc(N(C4=CC5OC6=C(C=CCC6)C5CC4)C4C=CC(c5cccc6ccccc56)=CC4)cc21)Sc1ccccc13. The van der Waals surface area contributed by atoms with Crippen LogP contribution >= 0.6 is 11.8 Å². The molecule has 0 bridgehead atoms. The van der Waals surface area contributed by atoms with E-state index in [1.807, 2.05) is 11.8 Å². The maximum absolute atomic E-state index is 6.70. The van der Waals surface area contributed by atoms with Gasteiger partial charge in [0.2, 0.25) is 0 Å². The number of fused-ring (bicyclic) bond motifs is 9. The van der Waals surface area contributed by atoms with Gasteiger partial charge in [0, 0.05) is 39.4 Å². The molecule has 0 saturated heterocycles. The van der Waals surface area contributed by atoms with Gasteiger partial charge in [0.05, 0.1) is 6.04 Å².